The third-order valence-electron chi connectivity index (χ3n) is 1.24. The Labute approximate surface area is 61.9 Å². The first-order chi connectivity index (χ1) is 4.86. The Balaban J connectivity index is 2.86. The van der Waals surface area contributed by atoms with Gasteiger partial charge in [0.1, 0.15) is 0 Å². The van der Waals surface area contributed by atoms with E-state index in [4.69, 9.17) is 0 Å². The Morgan fingerprint density at radius 3 is 3.20 bits per heavy atom. The molecule has 0 aromatic carbocycles. The Bertz CT molecular complexity index is 355. The van der Waals surface area contributed by atoms with Crippen LogP contribution in [0.5, 0.6) is 0 Å². The summed E-state index contributed by atoms with van der Waals surface area (Å²) in [4.78, 5) is 0. The molecule has 3 nitrogen and oxygen atoms in total. The van der Waals surface area contributed by atoms with Crippen LogP contribution in [0.3, 0.4) is 0 Å². The van der Waals surface area contributed by atoms with E-state index in [0.29, 0.717) is 0 Å². The molecule has 2 heterocycles. The molecule has 50 valence electrons. The van der Waals surface area contributed by atoms with E-state index in [9.17, 15) is 0 Å². The Kier molecular flexibility index (Phi) is 1.14. The maximum Gasteiger partial charge on any atom is 0.194 e. The van der Waals surface area contributed by atoms with Crippen LogP contribution in [0.4, 0.5) is 0 Å². The highest BCUT2D eigenvalue weighted by molar-refractivity contribution is 7.04. The molecule has 0 aliphatic heterocycles. The van der Waals surface area contributed by atoms with Crippen LogP contribution in [0.15, 0.2) is 11.4 Å². The predicted octanol–water partition coefficient (Wildman–Crippen LogP) is 1.39. The van der Waals surface area contributed by atoms with Crippen LogP contribution in [0, 0.1) is 6.92 Å². The van der Waals surface area contributed by atoms with Crippen molar-refractivity contribution in [1.82, 2.24) is 14.6 Å². The predicted molar refractivity (Wildman–Crippen MR) is 39.9 cm³/mol. The fourth-order valence-electron chi connectivity index (χ4n) is 0.793. The second-order valence-electron chi connectivity index (χ2n) is 2.08. The molecule has 0 N–H and O–H groups in total. The van der Waals surface area contributed by atoms with Crippen molar-refractivity contribution in [2.75, 3.05) is 0 Å². The zero-order valence-corrected chi connectivity index (χ0v) is 6.22. The lowest BCUT2D eigenvalue weighted by Gasteiger charge is -1.86. The summed E-state index contributed by atoms with van der Waals surface area (Å²) in [6, 6.07) is 1.98. The van der Waals surface area contributed by atoms with Crippen molar-refractivity contribution >= 4 is 22.6 Å². The van der Waals surface area contributed by atoms with Gasteiger partial charge in [-0.3, -0.25) is 0 Å². The lowest BCUT2D eigenvalue weighted by Crippen LogP contribution is -1.84. The van der Waals surface area contributed by atoms with E-state index in [1.165, 1.54) is 11.5 Å². The van der Waals surface area contributed by atoms with E-state index in [-0.39, 0.29) is 0 Å². The quantitative estimate of drug-likeness (QED) is 0.571. The van der Waals surface area contributed by atoms with Crippen LogP contribution in [-0.4, -0.2) is 14.6 Å². The molecular formula is C6H5N3S. The molecule has 2 rings (SSSR count). The third kappa shape index (κ3) is 0.769. The number of aryl methyl sites for hydroxylation is 1. The van der Waals surface area contributed by atoms with Crippen LogP contribution in [0.25, 0.3) is 11.0 Å². The molecule has 0 aliphatic carbocycles. The summed E-state index contributed by atoms with van der Waals surface area (Å²) < 4.78 is 4.03. The maximum atomic E-state index is 4.03. The summed E-state index contributed by atoms with van der Waals surface area (Å²) in [5.74, 6) is 0. The summed E-state index contributed by atoms with van der Waals surface area (Å²) in [6.45, 7) is 1.92. The molecule has 0 amide bonds. The highest BCUT2D eigenvalue weighted by Gasteiger charge is 1.96. The van der Waals surface area contributed by atoms with Gasteiger partial charge in [0.25, 0.3) is 0 Å². The van der Waals surface area contributed by atoms with Gasteiger partial charge in [-0.1, -0.05) is 0 Å². The zero-order chi connectivity index (χ0) is 6.97. The van der Waals surface area contributed by atoms with E-state index in [1.807, 2.05) is 18.4 Å². The second kappa shape index (κ2) is 1.98. The molecule has 0 radical (unpaired) electrons. The molecule has 0 saturated carbocycles. The third-order valence-corrected chi connectivity index (χ3v) is 1.88. The largest absolute Gasteiger partial charge is 0.194 e. The lowest BCUT2D eigenvalue weighted by atomic mass is 10.3. The Morgan fingerprint density at radius 2 is 2.30 bits per heavy atom. The van der Waals surface area contributed by atoms with Gasteiger partial charge in [0.2, 0.25) is 0 Å². The summed E-state index contributed by atoms with van der Waals surface area (Å²) in [5, 5.41) is 10.8. The van der Waals surface area contributed by atoms with Gasteiger partial charge in [-0.15, -0.1) is 5.10 Å². The van der Waals surface area contributed by atoms with Gasteiger partial charge in [-0.2, -0.15) is 9.47 Å². The molecule has 0 aliphatic rings. The normalized spacial score (nSPS) is 10.5. The molecule has 2 aromatic heterocycles. The molecule has 4 heteroatoms. The van der Waals surface area contributed by atoms with Crippen molar-refractivity contribution < 1.29 is 0 Å². The van der Waals surface area contributed by atoms with Gasteiger partial charge in [0.15, 0.2) is 5.65 Å². The van der Waals surface area contributed by atoms with Crippen molar-refractivity contribution in [3.05, 3.63) is 17.1 Å². The Hall–Kier alpha value is -1.03. The SMILES string of the molecule is Cc1cc2csnc2nn1. The van der Waals surface area contributed by atoms with E-state index < -0.39 is 0 Å². The first-order valence-corrected chi connectivity index (χ1v) is 3.74. The fourth-order valence-corrected chi connectivity index (χ4v) is 1.37. The fraction of sp³-hybridized carbons (Fsp3) is 0.167. The van der Waals surface area contributed by atoms with Crippen LogP contribution >= 0.6 is 11.5 Å². The number of hydrogen-bond donors (Lipinski definition) is 0. The van der Waals surface area contributed by atoms with Crippen LogP contribution in [0.1, 0.15) is 5.69 Å². The molecule has 10 heavy (non-hydrogen) atoms. The number of hydrogen-bond acceptors (Lipinski definition) is 4. The smallest absolute Gasteiger partial charge is 0.170 e. The van der Waals surface area contributed by atoms with E-state index in [2.05, 4.69) is 14.6 Å². The van der Waals surface area contributed by atoms with Crippen molar-refractivity contribution in [2.45, 2.75) is 6.92 Å². The molecule has 0 spiro atoms. The number of fused-ring (bicyclic) bond motifs is 1. The van der Waals surface area contributed by atoms with E-state index in [1.54, 1.807) is 0 Å². The van der Waals surface area contributed by atoms with Crippen molar-refractivity contribution in [3.8, 4) is 0 Å². The van der Waals surface area contributed by atoms with Gasteiger partial charge >= 0.3 is 0 Å². The number of rotatable bonds is 0. The molecule has 0 atom stereocenters. The van der Waals surface area contributed by atoms with Crippen molar-refractivity contribution in [3.63, 3.8) is 0 Å². The first-order valence-electron chi connectivity index (χ1n) is 2.91. The Morgan fingerprint density at radius 1 is 1.40 bits per heavy atom. The van der Waals surface area contributed by atoms with Gasteiger partial charge in [0.05, 0.1) is 5.69 Å². The molecule has 0 bridgehead atoms. The molecule has 2 aromatic rings. The van der Waals surface area contributed by atoms with E-state index >= 15 is 0 Å². The first kappa shape index (κ1) is 5.73. The average molecular weight is 151 g/mol. The highest BCUT2D eigenvalue weighted by atomic mass is 32.1. The molecule has 0 unspecified atom stereocenters. The minimum absolute atomic E-state index is 0.746. The van der Waals surface area contributed by atoms with Crippen LogP contribution in [-0.2, 0) is 0 Å². The van der Waals surface area contributed by atoms with Gasteiger partial charge < -0.3 is 0 Å². The number of aromatic nitrogens is 3. The zero-order valence-electron chi connectivity index (χ0n) is 5.40. The number of nitrogens with zero attached hydrogens (tertiary/aromatic N) is 3. The van der Waals surface area contributed by atoms with Gasteiger partial charge in [-0.05, 0) is 24.5 Å². The van der Waals surface area contributed by atoms with Crippen LogP contribution in [0.2, 0.25) is 0 Å². The van der Waals surface area contributed by atoms with Gasteiger partial charge in [-0.25, -0.2) is 0 Å². The second-order valence-corrected chi connectivity index (χ2v) is 2.71. The lowest BCUT2D eigenvalue weighted by molar-refractivity contribution is 1.01. The maximum absolute atomic E-state index is 4.03. The highest BCUT2D eigenvalue weighted by Crippen LogP contribution is 2.11. The topological polar surface area (TPSA) is 38.7 Å². The average Bonchev–Trinajstić information content (AvgIpc) is 2.33. The molecular weight excluding hydrogens is 146 g/mol. The standard InChI is InChI=1S/C6H5N3S/c1-4-2-5-3-10-9-6(5)8-7-4/h2-3H,1H3. The molecule has 0 saturated heterocycles. The summed E-state index contributed by atoms with van der Waals surface area (Å²) in [7, 11) is 0. The minimum Gasteiger partial charge on any atom is -0.170 e. The van der Waals surface area contributed by atoms with Crippen molar-refractivity contribution in [1.29, 1.82) is 0 Å². The summed E-state index contributed by atoms with van der Waals surface area (Å²) in [6.07, 6.45) is 0. The monoisotopic (exact) mass is 151 g/mol. The summed E-state index contributed by atoms with van der Waals surface area (Å²) >= 11 is 1.41. The minimum atomic E-state index is 0.746. The summed E-state index contributed by atoms with van der Waals surface area (Å²) in [5.41, 5.74) is 1.68. The van der Waals surface area contributed by atoms with Crippen molar-refractivity contribution in [2.24, 2.45) is 0 Å². The van der Waals surface area contributed by atoms with Crippen LogP contribution < -0.4 is 0 Å². The van der Waals surface area contributed by atoms with Gasteiger partial charge in [0, 0.05) is 10.8 Å². The van der Waals surface area contributed by atoms with E-state index in [0.717, 1.165) is 16.7 Å². The molecule has 0 fully saturated rings.